The lowest BCUT2D eigenvalue weighted by molar-refractivity contribution is 0.238. The highest BCUT2D eigenvalue weighted by molar-refractivity contribution is 5.36. The summed E-state index contributed by atoms with van der Waals surface area (Å²) in [6.45, 7) is 3.16. The molecule has 0 aromatic carbocycles. The molecule has 4 heteroatoms. The molecule has 4 nitrogen and oxygen atoms in total. The summed E-state index contributed by atoms with van der Waals surface area (Å²) in [5.74, 6) is 0.913. The quantitative estimate of drug-likeness (QED) is 0.798. The van der Waals surface area contributed by atoms with E-state index in [1.54, 1.807) is 0 Å². The van der Waals surface area contributed by atoms with Gasteiger partial charge in [0.1, 0.15) is 0 Å². The second kappa shape index (κ2) is 4.61. The van der Waals surface area contributed by atoms with Crippen LogP contribution >= 0.6 is 0 Å². The first kappa shape index (κ1) is 11.0. The molecule has 1 saturated heterocycles. The van der Waals surface area contributed by atoms with Gasteiger partial charge in [-0.25, -0.2) is 9.97 Å². The minimum atomic E-state index is 0.276. The topological polar surface area (TPSA) is 41.1 Å². The molecular weight excluding hydrogens is 212 g/mol. The highest BCUT2D eigenvalue weighted by atomic mass is 15.3. The zero-order valence-corrected chi connectivity index (χ0v) is 10.2. The van der Waals surface area contributed by atoms with Gasteiger partial charge in [-0.1, -0.05) is 19.3 Å². The molecule has 1 aromatic rings. The van der Waals surface area contributed by atoms with E-state index in [2.05, 4.69) is 20.2 Å². The van der Waals surface area contributed by atoms with E-state index in [0.717, 1.165) is 25.6 Å². The van der Waals surface area contributed by atoms with Gasteiger partial charge in [0.2, 0.25) is 5.95 Å². The molecule has 17 heavy (non-hydrogen) atoms. The smallest absolute Gasteiger partial charge is 0.225 e. The molecule has 2 aliphatic rings. The van der Waals surface area contributed by atoms with Crippen molar-refractivity contribution in [2.45, 2.75) is 37.6 Å². The van der Waals surface area contributed by atoms with Gasteiger partial charge in [0, 0.05) is 32.0 Å². The third-order valence-electron chi connectivity index (χ3n) is 4.12. The van der Waals surface area contributed by atoms with Crippen LogP contribution in [0.2, 0.25) is 0 Å². The second-order valence-electron chi connectivity index (χ2n) is 5.16. The van der Waals surface area contributed by atoms with Crippen LogP contribution in [0.1, 0.15) is 32.1 Å². The Labute approximate surface area is 102 Å². The van der Waals surface area contributed by atoms with Crippen LogP contribution in [0.4, 0.5) is 5.95 Å². The number of nitrogens with zero attached hydrogens (tertiary/aromatic N) is 3. The van der Waals surface area contributed by atoms with E-state index in [1.807, 2.05) is 18.5 Å². The Bertz CT molecular complexity index is 351. The summed E-state index contributed by atoms with van der Waals surface area (Å²) >= 11 is 0. The minimum absolute atomic E-state index is 0.276. The van der Waals surface area contributed by atoms with Crippen LogP contribution in [0.3, 0.4) is 0 Å². The Hall–Kier alpha value is -1.16. The Morgan fingerprint density at radius 1 is 1.12 bits per heavy atom. The first-order valence-electron chi connectivity index (χ1n) is 6.66. The molecule has 1 saturated carbocycles. The molecule has 0 amide bonds. The highest BCUT2D eigenvalue weighted by Gasteiger charge is 2.40. The number of hydrogen-bond donors (Lipinski definition) is 1. The summed E-state index contributed by atoms with van der Waals surface area (Å²) in [6, 6.07) is 1.89. The summed E-state index contributed by atoms with van der Waals surface area (Å²) < 4.78 is 0. The fourth-order valence-corrected chi connectivity index (χ4v) is 3.24. The van der Waals surface area contributed by atoms with Crippen molar-refractivity contribution < 1.29 is 0 Å². The Morgan fingerprint density at radius 3 is 2.65 bits per heavy atom. The Kier molecular flexibility index (Phi) is 2.97. The van der Waals surface area contributed by atoms with Crippen molar-refractivity contribution >= 4 is 5.95 Å². The average Bonchev–Trinajstić information content (AvgIpc) is 2.41. The monoisotopic (exact) mass is 232 g/mol. The Balaban J connectivity index is 1.89. The van der Waals surface area contributed by atoms with Crippen LogP contribution in [-0.4, -0.2) is 35.1 Å². The predicted molar refractivity (Wildman–Crippen MR) is 68.1 cm³/mol. The largest absolute Gasteiger partial charge is 0.333 e. The van der Waals surface area contributed by atoms with E-state index >= 15 is 0 Å². The maximum absolute atomic E-state index is 4.44. The van der Waals surface area contributed by atoms with Gasteiger partial charge >= 0.3 is 0 Å². The highest BCUT2D eigenvalue weighted by Crippen LogP contribution is 2.36. The second-order valence-corrected chi connectivity index (χ2v) is 5.16. The molecule has 0 radical (unpaired) electrons. The van der Waals surface area contributed by atoms with Crippen LogP contribution in [-0.2, 0) is 0 Å². The normalized spacial score (nSPS) is 23.9. The summed E-state index contributed by atoms with van der Waals surface area (Å²) in [5, 5.41) is 3.55. The molecule has 92 valence electrons. The third kappa shape index (κ3) is 2.02. The van der Waals surface area contributed by atoms with Gasteiger partial charge in [-0.3, -0.25) is 0 Å². The van der Waals surface area contributed by atoms with Crippen LogP contribution in [0.5, 0.6) is 0 Å². The van der Waals surface area contributed by atoms with E-state index in [1.165, 1.54) is 32.1 Å². The summed E-state index contributed by atoms with van der Waals surface area (Å²) in [7, 11) is 0. The lowest BCUT2D eigenvalue weighted by Crippen LogP contribution is -2.62. The molecule has 0 unspecified atom stereocenters. The summed E-state index contributed by atoms with van der Waals surface area (Å²) in [6.07, 6.45) is 10.3. The SMILES string of the molecule is c1cnc(N2CCNCC23CCCCC3)nc1. The van der Waals surface area contributed by atoms with Crippen molar-refractivity contribution in [2.75, 3.05) is 24.5 Å². The van der Waals surface area contributed by atoms with E-state index in [-0.39, 0.29) is 5.54 Å². The molecular formula is C13H20N4. The van der Waals surface area contributed by atoms with Gasteiger partial charge in [0.05, 0.1) is 5.54 Å². The molecule has 0 atom stereocenters. The molecule has 1 N–H and O–H groups in total. The molecule has 2 heterocycles. The molecule has 3 rings (SSSR count). The Morgan fingerprint density at radius 2 is 1.88 bits per heavy atom. The molecule has 0 bridgehead atoms. The van der Waals surface area contributed by atoms with Gasteiger partial charge in [-0.2, -0.15) is 0 Å². The lowest BCUT2D eigenvalue weighted by Gasteiger charge is -2.49. The predicted octanol–water partition coefficient (Wildman–Crippen LogP) is 1.59. The first-order chi connectivity index (χ1) is 8.41. The summed E-state index contributed by atoms with van der Waals surface area (Å²) in [4.78, 5) is 11.3. The van der Waals surface area contributed by atoms with E-state index in [0.29, 0.717) is 0 Å². The maximum atomic E-state index is 4.44. The van der Waals surface area contributed by atoms with Gasteiger partial charge in [-0.15, -0.1) is 0 Å². The molecule has 1 aromatic heterocycles. The van der Waals surface area contributed by atoms with Crippen LogP contribution < -0.4 is 10.2 Å². The van der Waals surface area contributed by atoms with Crippen molar-refractivity contribution in [1.82, 2.24) is 15.3 Å². The molecule has 1 aliphatic heterocycles. The van der Waals surface area contributed by atoms with Crippen molar-refractivity contribution in [3.63, 3.8) is 0 Å². The van der Waals surface area contributed by atoms with Gasteiger partial charge in [-0.05, 0) is 18.9 Å². The first-order valence-corrected chi connectivity index (χ1v) is 6.66. The summed E-state index contributed by atoms with van der Waals surface area (Å²) in [5.41, 5.74) is 0.276. The minimum Gasteiger partial charge on any atom is -0.333 e. The molecule has 2 fully saturated rings. The fraction of sp³-hybridized carbons (Fsp3) is 0.692. The number of nitrogens with one attached hydrogen (secondary N) is 1. The number of piperazine rings is 1. The van der Waals surface area contributed by atoms with E-state index in [4.69, 9.17) is 0 Å². The standard InChI is InChI=1S/C13H20N4/c1-2-5-13(6-3-1)11-14-9-10-17(13)12-15-7-4-8-16-12/h4,7-8,14H,1-3,5-6,9-11H2. The zero-order valence-electron chi connectivity index (χ0n) is 10.2. The zero-order chi connectivity index (χ0) is 11.6. The number of rotatable bonds is 1. The average molecular weight is 232 g/mol. The van der Waals surface area contributed by atoms with E-state index in [9.17, 15) is 0 Å². The number of hydrogen-bond acceptors (Lipinski definition) is 4. The van der Waals surface area contributed by atoms with Crippen LogP contribution in [0.15, 0.2) is 18.5 Å². The number of aromatic nitrogens is 2. The van der Waals surface area contributed by atoms with E-state index < -0.39 is 0 Å². The van der Waals surface area contributed by atoms with Gasteiger partial charge < -0.3 is 10.2 Å². The van der Waals surface area contributed by atoms with Crippen LogP contribution in [0.25, 0.3) is 0 Å². The van der Waals surface area contributed by atoms with Crippen molar-refractivity contribution in [2.24, 2.45) is 0 Å². The third-order valence-corrected chi connectivity index (χ3v) is 4.12. The van der Waals surface area contributed by atoms with Gasteiger partial charge in [0.15, 0.2) is 0 Å². The maximum Gasteiger partial charge on any atom is 0.225 e. The fourth-order valence-electron chi connectivity index (χ4n) is 3.24. The van der Waals surface area contributed by atoms with Crippen molar-refractivity contribution in [3.05, 3.63) is 18.5 Å². The van der Waals surface area contributed by atoms with Crippen LogP contribution in [0, 0.1) is 0 Å². The molecule has 1 aliphatic carbocycles. The number of anilines is 1. The van der Waals surface area contributed by atoms with Crippen molar-refractivity contribution in [3.8, 4) is 0 Å². The molecule has 1 spiro atoms. The lowest BCUT2D eigenvalue weighted by atomic mass is 9.79. The van der Waals surface area contributed by atoms with Crippen molar-refractivity contribution in [1.29, 1.82) is 0 Å². The van der Waals surface area contributed by atoms with Gasteiger partial charge in [0.25, 0.3) is 0 Å².